The molecule has 0 atom stereocenters. The first-order valence-electron chi connectivity index (χ1n) is 7.65. The van der Waals surface area contributed by atoms with E-state index in [1.54, 1.807) is 0 Å². The van der Waals surface area contributed by atoms with Crippen molar-refractivity contribution in [2.75, 3.05) is 13.1 Å². The maximum Gasteiger partial charge on any atom is 0.251 e. The average molecular weight is 377 g/mol. The lowest BCUT2D eigenvalue weighted by atomic mass is 10.1. The van der Waals surface area contributed by atoms with Crippen molar-refractivity contribution in [3.05, 3.63) is 64.1 Å². The van der Waals surface area contributed by atoms with Crippen LogP contribution in [0.5, 0.6) is 5.75 Å². The molecule has 3 N–H and O–H groups in total. The van der Waals surface area contributed by atoms with Gasteiger partial charge in [0.05, 0.1) is 4.47 Å². The van der Waals surface area contributed by atoms with Gasteiger partial charge in [-0.05, 0) is 65.1 Å². The van der Waals surface area contributed by atoms with E-state index >= 15 is 0 Å². The van der Waals surface area contributed by atoms with Crippen LogP contribution in [0.2, 0.25) is 0 Å². The normalized spacial score (nSPS) is 10.3. The summed E-state index contributed by atoms with van der Waals surface area (Å²) in [5.74, 6) is 0.745. The highest BCUT2D eigenvalue weighted by Crippen LogP contribution is 2.24. The summed E-state index contributed by atoms with van der Waals surface area (Å²) >= 11 is 3.45. The molecule has 1 amide bonds. The third kappa shape index (κ3) is 5.69. The molecule has 2 aromatic rings. The van der Waals surface area contributed by atoms with Crippen LogP contribution in [-0.2, 0) is 6.61 Å². The molecule has 4 nitrogen and oxygen atoms in total. The minimum Gasteiger partial charge on any atom is -0.488 e. The molecule has 2 aromatic carbocycles. The number of amides is 1. The molecular weight excluding hydrogens is 356 g/mol. The number of benzene rings is 2. The second-order valence-electron chi connectivity index (χ2n) is 5.17. The van der Waals surface area contributed by atoms with Crippen LogP contribution in [-0.4, -0.2) is 19.0 Å². The Balaban J connectivity index is 1.84. The first kappa shape index (κ1) is 17.5. The molecule has 0 aliphatic rings. The number of hydrogen-bond acceptors (Lipinski definition) is 3. The highest BCUT2D eigenvalue weighted by atomic mass is 79.9. The molecule has 0 heterocycles. The summed E-state index contributed by atoms with van der Waals surface area (Å²) in [7, 11) is 0. The summed E-state index contributed by atoms with van der Waals surface area (Å²) in [6.45, 7) is 1.77. The zero-order chi connectivity index (χ0) is 16.5. The molecule has 0 radical (unpaired) electrons. The average Bonchev–Trinajstić information content (AvgIpc) is 2.58. The van der Waals surface area contributed by atoms with Crippen molar-refractivity contribution in [2.45, 2.75) is 19.4 Å². The van der Waals surface area contributed by atoms with E-state index in [0.29, 0.717) is 25.3 Å². The molecule has 122 valence electrons. The van der Waals surface area contributed by atoms with Crippen LogP contribution in [0.25, 0.3) is 0 Å². The summed E-state index contributed by atoms with van der Waals surface area (Å²) in [5, 5.41) is 2.89. The van der Waals surface area contributed by atoms with Crippen LogP contribution in [0.1, 0.15) is 28.8 Å². The number of ether oxygens (including phenoxy) is 1. The van der Waals surface area contributed by atoms with Crippen LogP contribution in [0.4, 0.5) is 0 Å². The van der Waals surface area contributed by atoms with Crippen LogP contribution in [0.3, 0.4) is 0 Å². The van der Waals surface area contributed by atoms with E-state index in [-0.39, 0.29) is 5.91 Å². The molecule has 23 heavy (non-hydrogen) atoms. The second-order valence-corrected chi connectivity index (χ2v) is 6.02. The van der Waals surface area contributed by atoms with Gasteiger partial charge in [-0.25, -0.2) is 0 Å². The Morgan fingerprint density at radius 2 is 1.83 bits per heavy atom. The van der Waals surface area contributed by atoms with Gasteiger partial charge in [0.25, 0.3) is 5.91 Å². The molecule has 0 unspecified atom stereocenters. The van der Waals surface area contributed by atoms with Crippen molar-refractivity contribution in [1.82, 2.24) is 5.32 Å². The fraction of sp³-hybridized carbons (Fsp3) is 0.278. The van der Waals surface area contributed by atoms with Gasteiger partial charge >= 0.3 is 0 Å². The number of halogens is 1. The van der Waals surface area contributed by atoms with E-state index in [1.807, 2.05) is 48.5 Å². The van der Waals surface area contributed by atoms with Crippen LogP contribution < -0.4 is 15.8 Å². The van der Waals surface area contributed by atoms with Gasteiger partial charge in [-0.15, -0.1) is 0 Å². The van der Waals surface area contributed by atoms with Crippen molar-refractivity contribution >= 4 is 21.8 Å². The Bertz CT molecular complexity index is 629. The van der Waals surface area contributed by atoms with E-state index in [4.69, 9.17) is 10.5 Å². The molecule has 0 saturated heterocycles. The van der Waals surface area contributed by atoms with Crippen molar-refractivity contribution in [3.63, 3.8) is 0 Å². The SMILES string of the molecule is NCCCCNC(=O)c1ccc(COc2ccccc2Br)cc1. The van der Waals surface area contributed by atoms with Crippen molar-refractivity contribution in [1.29, 1.82) is 0 Å². The smallest absolute Gasteiger partial charge is 0.251 e. The zero-order valence-corrected chi connectivity index (χ0v) is 14.5. The minimum atomic E-state index is -0.0553. The molecule has 0 saturated carbocycles. The summed E-state index contributed by atoms with van der Waals surface area (Å²) in [5.41, 5.74) is 7.09. The quantitative estimate of drug-likeness (QED) is 0.693. The number of carbonyl (C=O) groups is 1. The number of nitrogens with two attached hydrogens (primary N) is 1. The van der Waals surface area contributed by atoms with Gasteiger partial charge in [-0.3, -0.25) is 4.79 Å². The number of nitrogens with one attached hydrogen (secondary N) is 1. The Morgan fingerprint density at radius 1 is 1.09 bits per heavy atom. The standard InChI is InChI=1S/C18H21BrN2O2/c19-16-5-1-2-6-17(16)23-13-14-7-9-15(10-8-14)18(22)21-12-4-3-11-20/h1-2,5-10H,3-4,11-13,20H2,(H,21,22). The minimum absolute atomic E-state index is 0.0553. The lowest BCUT2D eigenvalue weighted by Crippen LogP contribution is -2.24. The predicted molar refractivity (Wildman–Crippen MR) is 95.5 cm³/mol. The van der Waals surface area contributed by atoms with E-state index < -0.39 is 0 Å². The second kappa shape index (κ2) is 9.33. The molecule has 0 aliphatic heterocycles. The zero-order valence-electron chi connectivity index (χ0n) is 12.9. The van der Waals surface area contributed by atoms with Gasteiger partial charge < -0.3 is 15.8 Å². The molecule has 0 aromatic heterocycles. The third-order valence-electron chi connectivity index (χ3n) is 3.36. The highest BCUT2D eigenvalue weighted by molar-refractivity contribution is 9.10. The summed E-state index contributed by atoms with van der Waals surface area (Å²) in [6, 6.07) is 15.2. The molecular formula is C18H21BrN2O2. The lowest BCUT2D eigenvalue weighted by Gasteiger charge is -2.09. The van der Waals surface area contributed by atoms with Crippen LogP contribution in [0.15, 0.2) is 53.0 Å². The van der Waals surface area contributed by atoms with Gasteiger partial charge in [0.2, 0.25) is 0 Å². The van der Waals surface area contributed by atoms with Crippen molar-refractivity contribution < 1.29 is 9.53 Å². The first-order chi connectivity index (χ1) is 11.2. The van der Waals surface area contributed by atoms with E-state index in [1.165, 1.54) is 0 Å². The van der Waals surface area contributed by atoms with Gasteiger partial charge in [-0.2, -0.15) is 0 Å². The predicted octanol–water partition coefficient (Wildman–Crippen LogP) is 3.50. The first-order valence-corrected chi connectivity index (χ1v) is 8.44. The number of carbonyl (C=O) groups excluding carboxylic acids is 1. The van der Waals surface area contributed by atoms with Crippen molar-refractivity contribution in [2.24, 2.45) is 5.73 Å². The molecule has 0 spiro atoms. The maximum atomic E-state index is 12.0. The monoisotopic (exact) mass is 376 g/mol. The Morgan fingerprint density at radius 3 is 2.52 bits per heavy atom. The number of para-hydroxylation sites is 1. The maximum absolute atomic E-state index is 12.0. The Kier molecular flexibility index (Phi) is 7.10. The van der Waals surface area contributed by atoms with Crippen LogP contribution in [0, 0.1) is 0 Å². The molecule has 0 aliphatic carbocycles. The topological polar surface area (TPSA) is 64.3 Å². The van der Waals surface area contributed by atoms with Crippen molar-refractivity contribution in [3.8, 4) is 5.75 Å². The Labute approximate surface area is 145 Å². The summed E-state index contributed by atoms with van der Waals surface area (Å²) in [6.07, 6.45) is 1.83. The van der Waals surface area contributed by atoms with Gasteiger partial charge in [-0.1, -0.05) is 24.3 Å². The van der Waals surface area contributed by atoms with E-state index in [2.05, 4.69) is 21.2 Å². The van der Waals surface area contributed by atoms with Gasteiger partial charge in [0, 0.05) is 12.1 Å². The lowest BCUT2D eigenvalue weighted by molar-refractivity contribution is 0.0953. The third-order valence-corrected chi connectivity index (χ3v) is 4.02. The van der Waals surface area contributed by atoms with E-state index in [0.717, 1.165) is 28.6 Å². The molecule has 0 bridgehead atoms. The van der Waals surface area contributed by atoms with Crippen LogP contribution >= 0.6 is 15.9 Å². The Hall–Kier alpha value is -1.85. The molecule has 5 heteroatoms. The summed E-state index contributed by atoms with van der Waals surface area (Å²) < 4.78 is 6.68. The fourth-order valence-electron chi connectivity index (χ4n) is 2.05. The van der Waals surface area contributed by atoms with E-state index in [9.17, 15) is 4.79 Å². The molecule has 2 rings (SSSR count). The summed E-state index contributed by atoms with van der Waals surface area (Å²) in [4.78, 5) is 12.0. The fourth-order valence-corrected chi connectivity index (χ4v) is 2.45. The largest absolute Gasteiger partial charge is 0.488 e. The number of unbranched alkanes of at least 4 members (excludes halogenated alkanes) is 1. The molecule has 0 fully saturated rings. The van der Waals surface area contributed by atoms with Gasteiger partial charge in [0.15, 0.2) is 0 Å². The van der Waals surface area contributed by atoms with Gasteiger partial charge in [0.1, 0.15) is 12.4 Å². The number of hydrogen-bond donors (Lipinski definition) is 2. The number of rotatable bonds is 8. The highest BCUT2D eigenvalue weighted by Gasteiger charge is 2.05.